The maximum absolute atomic E-state index is 12.3. The standard InChI is InChI=1S/C14H18N2O3S/c1-14(2,13(18)19)15-9-12(17)16-7-8-20-11-6-4-3-5-10(11)16/h3-6,15H,7-9H2,1-2H3,(H,18,19). The van der Waals surface area contributed by atoms with E-state index < -0.39 is 11.5 Å². The third-order valence-corrected chi connectivity index (χ3v) is 4.29. The molecule has 1 aromatic carbocycles. The zero-order valence-corrected chi connectivity index (χ0v) is 12.4. The van der Waals surface area contributed by atoms with E-state index in [1.54, 1.807) is 30.5 Å². The lowest BCUT2D eigenvalue weighted by Crippen LogP contribution is -2.51. The Kier molecular flexibility index (Phi) is 4.35. The van der Waals surface area contributed by atoms with Crippen LogP contribution in [-0.4, -0.2) is 41.4 Å². The van der Waals surface area contributed by atoms with Crippen molar-refractivity contribution in [3.8, 4) is 0 Å². The molecule has 1 heterocycles. The number of para-hydroxylation sites is 1. The zero-order chi connectivity index (χ0) is 14.8. The van der Waals surface area contributed by atoms with E-state index in [1.807, 2.05) is 24.3 Å². The Labute approximate surface area is 122 Å². The number of amides is 1. The molecule has 0 radical (unpaired) electrons. The predicted molar refractivity (Wildman–Crippen MR) is 79.2 cm³/mol. The fourth-order valence-corrected chi connectivity index (χ4v) is 2.89. The summed E-state index contributed by atoms with van der Waals surface area (Å²) in [5, 5.41) is 11.8. The lowest BCUT2D eigenvalue weighted by Gasteiger charge is -2.30. The number of fused-ring (bicyclic) bond motifs is 1. The number of nitrogens with zero attached hydrogens (tertiary/aromatic N) is 1. The fourth-order valence-electron chi connectivity index (χ4n) is 1.90. The maximum atomic E-state index is 12.3. The topological polar surface area (TPSA) is 69.6 Å². The normalized spacial score (nSPS) is 14.8. The largest absolute Gasteiger partial charge is 0.480 e. The molecule has 0 saturated carbocycles. The number of rotatable bonds is 4. The number of benzene rings is 1. The third-order valence-electron chi connectivity index (χ3n) is 3.25. The summed E-state index contributed by atoms with van der Waals surface area (Å²) < 4.78 is 0. The van der Waals surface area contributed by atoms with Gasteiger partial charge in [0.05, 0.1) is 12.2 Å². The molecule has 2 rings (SSSR count). The van der Waals surface area contributed by atoms with Crippen LogP contribution >= 0.6 is 11.8 Å². The van der Waals surface area contributed by atoms with Gasteiger partial charge in [-0.15, -0.1) is 11.8 Å². The molecule has 1 aromatic rings. The molecule has 6 heteroatoms. The SMILES string of the molecule is CC(C)(NCC(=O)N1CCSc2ccccc21)C(=O)O. The van der Waals surface area contributed by atoms with Crippen LogP contribution in [0.25, 0.3) is 0 Å². The monoisotopic (exact) mass is 294 g/mol. The van der Waals surface area contributed by atoms with E-state index in [9.17, 15) is 9.59 Å². The third kappa shape index (κ3) is 3.13. The van der Waals surface area contributed by atoms with Gasteiger partial charge in [-0.2, -0.15) is 0 Å². The Bertz CT molecular complexity index is 531. The van der Waals surface area contributed by atoms with Gasteiger partial charge in [-0.3, -0.25) is 14.9 Å². The highest BCUT2D eigenvalue weighted by Crippen LogP contribution is 2.34. The summed E-state index contributed by atoms with van der Waals surface area (Å²) in [4.78, 5) is 26.1. The molecule has 0 fully saturated rings. The highest BCUT2D eigenvalue weighted by Gasteiger charge is 2.29. The summed E-state index contributed by atoms with van der Waals surface area (Å²) in [5.41, 5.74) is -0.205. The van der Waals surface area contributed by atoms with Crippen LogP contribution in [0.5, 0.6) is 0 Å². The molecule has 1 amide bonds. The number of carboxylic acids is 1. The van der Waals surface area contributed by atoms with Crippen molar-refractivity contribution >= 4 is 29.3 Å². The lowest BCUT2D eigenvalue weighted by molar-refractivity contribution is -0.143. The summed E-state index contributed by atoms with van der Waals surface area (Å²) in [6.45, 7) is 3.75. The summed E-state index contributed by atoms with van der Waals surface area (Å²) in [5.74, 6) is -0.225. The van der Waals surface area contributed by atoms with Gasteiger partial charge in [-0.05, 0) is 26.0 Å². The quantitative estimate of drug-likeness (QED) is 0.882. The molecule has 0 bridgehead atoms. The Morgan fingerprint density at radius 1 is 1.40 bits per heavy atom. The molecular weight excluding hydrogens is 276 g/mol. The van der Waals surface area contributed by atoms with Crippen LogP contribution in [0.1, 0.15) is 13.8 Å². The van der Waals surface area contributed by atoms with Crippen molar-refractivity contribution in [3.63, 3.8) is 0 Å². The Hall–Kier alpha value is -1.53. The Morgan fingerprint density at radius 3 is 2.80 bits per heavy atom. The number of aliphatic carboxylic acids is 1. The van der Waals surface area contributed by atoms with Gasteiger partial charge in [-0.25, -0.2) is 0 Å². The molecule has 1 aliphatic heterocycles. The van der Waals surface area contributed by atoms with E-state index in [4.69, 9.17) is 5.11 Å². The summed E-state index contributed by atoms with van der Waals surface area (Å²) in [6, 6.07) is 7.76. The van der Waals surface area contributed by atoms with E-state index in [2.05, 4.69) is 5.32 Å². The second-order valence-electron chi connectivity index (χ2n) is 5.15. The fraction of sp³-hybridized carbons (Fsp3) is 0.429. The summed E-state index contributed by atoms with van der Waals surface area (Å²) in [6.07, 6.45) is 0. The van der Waals surface area contributed by atoms with Gasteiger partial charge in [0.2, 0.25) is 5.91 Å². The minimum Gasteiger partial charge on any atom is -0.480 e. The number of hydrogen-bond acceptors (Lipinski definition) is 4. The van der Waals surface area contributed by atoms with Crippen LogP contribution < -0.4 is 10.2 Å². The van der Waals surface area contributed by atoms with Crippen LogP contribution in [0, 0.1) is 0 Å². The minimum absolute atomic E-state index is 0.0122. The van der Waals surface area contributed by atoms with Crippen LogP contribution in [0.15, 0.2) is 29.2 Å². The molecule has 0 atom stereocenters. The number of carboxylic acid groups (broad SMARTS) is 1. The molecule has 0 aliphatic carbocycles. The summed E-state index contributed by atoms with van der Waals surface area (Å²) >= 11 is 1.73. The number of carbonyl (C=O) groups is 2. The van der Waals surface area contributed by atoms with Gasteiger partial charge < -0.3 is 10.0 Å². The molecule has 1 aliphatic rings. The van der Waals surface area contributed by atoms with E-state index in [-0.39, 0.29) is 12.5 Å². The molecule has 108 valence electrons. The van der Waals surface area contributed by atoms with Gasteiger partial charge in [-0.1, -0.05) is 12.1 Å². The minimum atomic E-state index is -1.11. The smallest absolute Gasteiger partial charge is 0.323 e. The van der Waals surface area contributed by atoms with Crippen molar-refractivity contribution in [2.24, 2.45) is 0 Å². The number of anilines is 1. The van der Waals surface area contributed by atoms with E-state index >= 15 is 0 Å². The van der Waals surface area contributed by atoms with Crippen molar-refractivity contribution in [3.05, 3.63) is 24.3 Å². The highest BCUT2D eigenvalue weighted by atomic mass is 32.2. The first kappa shape index (κ1) is 14.9. The molecule has 5 nitrogen and oxygen atoms in total. The van der Waals surface area contributed by atoms with Crippen LogP contribution in [0.2, 0.25) is 0 Å². The van der Waals surface area contributed by atoms with Gasteiger partial charge in [0.1, 0.15) is 5.54 Å². The zero-order valence-electron chi connectivity index (χ0n) is 11.5. The molecule has 0 aromatic heterocycles. The van der Waals surface area contributed by atoms with E-state index in [0.29, 0.717) is 6.54 Å². The second kappa shape index (κ2) is 5.85. The molecule has 2 N–H and O–H groups in total. The van der Waals surface area contributed by atoms with Crippen molar-refractivity contribution < 1.29 is 14.7 Å². The van der Waals surface area contributed by atoms with Crippen molar-refractivity contribution in [1.82, 2.24) is 5.32 Å². The first-order valence-corrected chi connectivity index (χ1v) is 7.41. The lowest BCUT2D eigenvalue weighted by atomic mass is 10.1. The molecule has 0 saturated heterocycles. The van der Waals surface area contributed by atoms with E-state index in [0.717, 1.165) is 16.3 Å². The van der Waals surface area contributed by atoms with Gasteiger partial charge in [0, 0.05) is 17.2 Å². The molecule has 0 spiro atoms. The molecule has 0 unspecified atom stereocenters. The van der Waals surface area contributed by atoms with Crippen molar-refractivity contribution in [1.29, 1.82) is 0 Å². The number of thioether (sulfide) groups is 1. The summed E-state index contributed by atoms with van der Waals surface area (Å²) in [7, 11) is 0. The van der Waals surface area contributed by atoms with Gasteiger partial charge >= 0.3 is 5.97 Å². The average Bonchev–Trinajstić information content (AvgIpc) is 2.44. The number of hydrogen-bond donors (Lipinski definition) is 2. The van der Waals surface area contributed by atoms with Crippen molar-refractivity contribution in [2.75, 3.05) is 23.7 Å². The average molecular weight is 294 g/mol. The van der Waals surface area contributed by atoms with Gasteiger partial charge in [0.15, 0.2) is 0 Å². The van der Waals surface area contributed by atoms with E-state index in [1.165, 1.54) is 0 Å². The van der Waals surface area contributed by atoms with Crippen LogP contribution in [0.3, 0.4) is 0 Å². The highest BCUT2D eigenvalue weighted by molar-refractivity contribution is 7.99. The number of nitrogens with one attached hydrogen (secondary N) is 1. The van der Waals surface area contributed by atoms with Gasteiger partial charge in [0.25, 0.3) is 0 Å². The first-order chi connectivity index (χ1) is 9.42. The maximum Gasteiger partial charge on any atom is 0.323 e. The Balaban J connectivity index is 2.06. The molecule has 20 heavy (non-hydrogen) atoms. The Morgan fingerprint density at radius 2 is 2.10 bits per heavy atom. The van der Waals surface area contributed by atoms with Crippen molar-refractivity contribution in [2.45, 2.75) is 24.3 Å². The number of carbonyl (C=O) groups excluding carboxylic acids is 1. The second-order valence-corrected chi connectivity index (χ2v) is 6.28. The first-order valence-electron chi connectivity index (χ1n) is 6.42. The molecular formula is C14H18N2O3S. The van der Waals surface area contributed by atoms with Crippen LogP contribution in [0.4, 0.5) is 5.69 Å². The van der Waals surface area contributed by atoms with Crippen LogP contribution in [-0.2, 0) is 9.59 Å². The predicted octanol–water partition coefficient (Wildman–Crippen LogP) is 1.58.